The van der Waals surface area contributed by atoms with E-state index in [0.717, 1.165) is 0 Å². The van der Waals surface area contributed by atoms with Crippen molar-refractivity contribution >= 4 is 23.2 Å². The summed E-state index contributed by atoms with van der Waals surface area (Å²) in [5, 5.41) is 11.0. The zero-order valence-corrected chi connectivity index (χ0v) is 11.8. The molecule has 0 bridgehead atoms. The van der Waals surface area contributed by atoms with Gasteiger partial charge in [-0.3, -0.25) is 0 Å². The predicted octanol–water partition coefficient (Wildman–Crippen LogP) is 4.69. The SMILES string of the molecule is O[C@H]1CC(c2c(F)cccc2Cl)Oc2ccc(Cl)cc21. The molecule has 1 N–H and O–H groups in total. The molecule has 1 aliphatic heterocycles. The second-order valence-corrected chi connectivity index (χ2v) is 5.52. The summed E-state index contributed by atoms with van der Waals surface area (Å²) in [6.45, 7) is 0. The van der Waals surface area contributed by atoms with Gasteiger partial charge in [-0.15, -0.1) is 0 Å². The van der Waals surface area contributed by atoms with Gasteiger partial charge in [-0.1, -0.05) is 29.3 Å². The lowest BCUT2D eigenvalue weighted by atomic mass is 9.94. The van der Waals surface area contributed by atoms with Gasteiger partial charge in [0.25, 0.3) is 0 Å². The predicted molar refractivity (Wildman–Crippen MR) is 75.8 cm³/mol. The summed E-state index contributed by atoms with van der Waals surface area (Å²) in [7, 11) is 0. The molecular formula is C15H11Cl2FO2. The van der Waals surface area contributed by atoms with Crippen LogP contribution in [0.1, 0.15) is 29.8 Å². The molecule has 5 heteroatoms. The van der Waals surface area contributed by atoms with Crippen molar-refractivity contribution in [3.05, 3.63) is 63.4 Å². The van der Waals surface area contributed by atoms with Crippen molar-refractivity contribution in [1.29, 1.82) is 0 Å². The molecular weight excluding hydrogens is 302 g/mol. The smallest absolute Gasteiger partial charge is 0.131 e. The van der Waals surface area contributed by atoms with Gasteiger partial charge in [-0.2, -0.15) is 0 Å². The summed E-state index contributed by atoms with van der Waals surface area (Å²) in [4.78, 5) is 0. The van der Waals surface area contributed by atoms with Gasteiger partial charge in [0.2, 0.25) is 0 Å². The van der Waals surface area contributed by atoms with Crippen molar-refractivity contribution in [1.82, 2.24) is 0 Å². The molecule has 20 heavy (non-hydrogen) atoms. The molecule has 2 aromatic rings. The van der Waals surface area contributed by atoms with Crippen molar-refractivity contribution in [2.24, 2.45) is 0 Å². The van der Waals surface area contributed by atoms with Gasteiger partial charge in [0.05, 0.1) is 11.1 Å². The van der Waals surface area contributed by atoms with E-state index in [-0.39, 0.29) is 12.0 Å². The largest absolute Gasteiger partial charge is 0.485 e. The Morgan fingerprint density at radius 2 is 2.00 bits per heavy atom. The second-order valence-electron chi connectivity index (χ2n) is 4.68. The third-order valence-electron chi connectivity index (χ3n) is 3.36. The minimum absolute atomic E-state index is 0.230. The van der Waals surface area contributed by atoms with Crippen molar-refractivity contribution in [3.8, 4) is 5.75 Å². The highest BCUT2D eigenvalue weighted by atomic mass is 35.5. The number of fused-ring (bicyclic) bond motifs is 1. The average Bonchev–Trinajstić information content (AvgIpc) is 2.39. The zero-order chi connectivity index (χ0) is 14.3. The standard InChI is InChI=1S/C15H11Cl2FO2/c16-8-4-5-13-9(6-8)12(19)7-14(20-13)15-10(17)2-1-3-11(15)18/h1-6,12,14,19H,7H2/t12-,14?/m0/s1. The quantitative estimate of drug-likeness (QED) is 0.827. The molecule has 0 fully saturated rings. The Morgan fingerprint density at radius 1 is 1.20 bits per heavy atom. The molecule has 0 aliphatic carbocycles. The lowest BCUT2D eigenvalue weighted by molar-refractivity contribution is 0.0641. The Kier molecular flexibility index (Phi) is 3.59. The molecule has 1 heterocycles. The summed E-state index contributed by atoms with van der Waals surface area (Å²) < 4.78 is 19.7. The van der Waals surface area contributed by atoms with Crippen LogP contribution in [0.3, 0.4) is 0 Å². The Morgan fingerprint density at radius 3 is 2.75 bits per heavy atom. The minimum Gasteiger partial charge on any atom is -0.485 e. The summed E-state index contributed by atoms with van der Waals surface area (Å²) in [5.41, 5.74) is 0.884. The first-order valence-electron chi connectivity index (χ1n) is 6.14. The molecule has 2 nitrogen and oxygen atoms in total. The summed E-state index contributed by atoms with van der Waals surface area (Å²) in [5.74, 6) is 0.0598. The molecule has 0 saturated heterocycles. The molecule has 2 aromatic carbocycles. The molecule has 0 saturated carbocycles. The molecule has 1 unspecified atom stereocenters. The maximum absolute atomic E-state index is 13.9. The molecule has 0 spiro atoms. The lowest BCUT2D eigenvalue weighted by Gasteiger charge is -2.30. The Hall–Kier alpha value is -1.29. The third-order valence-corrected chi connectivity index (χ3v) is 3.92. The van der Waals surface area contributed by atoms with Gasteiger partial charge >= 0.3 is 0 Å². The first-order chi connectivity index (χ1) is 9.56. The fourth-order valence-electron chi connectivity index (χ4n) is 2.41. The van der Waals surface area contributed by atoms with Crippen molar-refractivity contribution in [2.75, 3.05) is 0 Å². The van der Waals surface area contributed by atoms with Crippen molar-refractivity contribution < 1.29 is 14.2 Å². The topological polar surface area (TPSA) is 29.5 Å². The van der Waals surface area contributed by atoms with Crippen LogP contribution in [0.15, 0.2) is 36.4 Å². The van der Waals surface area contributed by atoms with Crippen LogP contribution in [-0.2, 0) is 0 Å². The summed E-state index contributed by atoms with van der Waals surface area (Å²) in [6.07, 6.45) is -1.15. The minimum atomic E-state index is -0.766. The molecule has 1 aliphatic rings. The molecule has 104 valence electrons. The lowest BCUT2D eigenvalue weighted by Crippen LogP contribution is -2.20. The van der Waals surface area contributed by atoms with E-state index >= 15 is 0 Å². The van der Waals surface area contributed by atoms with E-state index in [9.17, 15) is 9.50 Å². The fourth-order valence-corrected chi connectivity index (χ4v) is 2.88. The highest BCUT2D eigenvalue weighted by molar-refractivity contribution is 6.31. The van der Waals surface area contributed by atoms with Gasteiger partial charge in [0, 0.05) is 22.6 Å². The Bertz CT molecular complexity index is 640. The third kappa shape index (κ3) is 2.37. The van der Waals surface area contributed by atoms with Crippen molar-refractivity contribution in [3.63, 3.8) is 0 Å². The van der Waals surface area contributed by atoms with E-state index in [1.807, 2.05) is 0 Å². The van der Waals surface area contributed by atoms with Gasteiger partial charge in [0.15, 0.2) is 0 Å². The molecule has 0 radical (unpaired) electrons. The van der Waals surface area contributed by atoms with Gasteiger partial charge < -0.3 is 9.84 Å². The van der Waals surface area contributed by atoms with E-state index in [4.69, 9.17) is 27.9 Å². The van der Waals surface area contributed by atoms with Crippen LogP contribution in [0, 0.1) is 5.82 Å². The second kappa shape index (κ2) is 5.24. The van der Waals surface area contributed by atoms with Crippen LogP contribution in [-0.4, -0.2) is 5.11 Å². The summed E-state index contributed by atoms with van der Waals surface area (Å²) in [6, 6.07) is 9.45. The summed E-state index contributed by atoms with van der Waals surface area (Å²) >= 11 is 11.9. The van der Waals surface area contributed by atoms with Gasteiger partial charge in [-0.25, -0.2) is 4.39 Å². The number of benzene rings is 2. The monoisotopic (exact) mass is 312 g/mol. The molecule has 0 amide bonds. The number of aliphatic hydroxyl groups is 1. The van der Waals surface area contributed by atoms with Gasteiger partial charge in [-0.05, 0) is 30.3 Å². The number of hydrogen-bond acceptors (Lipinski definition) is 2. The number of hydrogen-bond donors (Lipinski definition) is 1. The molecule has 2 atom stereocenters. The first kappa shape index (κ1) is 13.7. The maximum atomic E-state index is 13.9. The van der Waals surface area contributed by atoms with Crippen LogP contribution in [0.25, 0.3) is 0 Å². The van der Waals surface area contributed by atoms with E-state index in [1.165, 1.54) is 12.1 Å². The fraction of sp³-hybridized carbons (Fsp3) is 0.200. The Balaban J connectivity index is 2.01. The number of halogens is 3. The van der Waals surface area contributed by atoms with Crippen LogP contribution in [0.4, 0.5) is 4.39 Å². The number of rotatable bonds is 1. The first-order valence-corrected chi connectivity index (χ1v) is 6.90. The molecule has 3 rings (SSSR count). The van der Waals surface area contributed by atoms with Crippen LogP contribution in [0.5, 0.6) is 5.75 Å². The van der Waals surface area contributed by atoms with E-state index in [2.05, 4.69) is 0 Å². The zero-order valence-electron chi connectivity index (χ0n) is 10.3. The van der Waals surface area contributed by atoms with Crippen molar-refractivity contribution in [2.45, 2.75) is 18.6 Å². The Labute approximate surface area is 125 Å². The number of ether oxygens (including phenoxy) is 1. The average molecular weight is 313 g/mol. The maximum Gasteiger partial charge on any atom is 0.131 e. The van der Waals surface area contributed by atoms with Crippen LogP contribution in [0.2, 0.25) is 10.0 Å². The highest BCUT2D eigenvalue weighted by Gasteiger charge is 2.31. The van der Waals surface area contributed by atoms with Crippen LogP contribution < -0.4 is 4.74 Å². The van der Waals surface area contributed by atoms with Gasteiger partial charge in [0.1, 0.15) is 17.7 Å². The van der Waals surface area contributed by atoms with E-state index in [0.29, 0.717) is 21.4 Å². The van der Waals surface area contributed by atoms with E-state index in [1.54, 1.807) is 24.3 Å². The van der Waals surface area contributed by atoms with E-state index < -0.39 is 18.0 Å². The molecule has 0 aromatic heterocycles. The normalized spacial score (nSPS) is 21.2. The number of aliphatic hydroxyl groups excluding tert-OH is 1. The highest BCUT2D eigenvalue weighted by Crippen LogP contribution is 2.43. The van der Waals surface area contributed by atoms with Crippen LogP contribution >= 0.6 is 23.2 Å².